The summed E-state index contributed by atoms with van der Waals surface area (Å²) in [5, 5.41) is 5.50. The highest BCUT2D eigenvalue weighted by molar-refractivity contribution is 5.95. The molecule has 2 N–H and O–H groups in total. The lowest BCUT2D eigenvalue weighted by Crippen LogP contribution is -2.34. The second kappa shape index (κ2) is 8.87. The fraction of sp³-hybridized carbons (Fsp3) is 0.300. The van der Waals surface area contributed by atoms with Crippen LogP contribution in [0.15, 0.2) is 42.5 Å². The molecule has 0 aromatic heterocycles. The van der Waals surface area contributed by atoms with Gasteiger partial charge >= 0.3 is 0 Å². The molecule has 0 radical (unpaired) electrons. The molecule has 0 heterocycles. The summed E-state index contributed by atoms with van der Waals surface area (Å²) in [4.78, 5) is 24.0. The first-order valence-corrected chi connectivity index (χ1v) is 8.34. The number of carbonyl (C=O) groups is 2. The molecule has 0 bridgehead atoms. The van der Waals surface area contributed by atoms with E-state index in [0.29, 0.717) is 6.61 Å². The van der Waals surface area contributed by atoms with Gasteiger partial charge in [-0.25, -0.2) is 0 Å². The normalized spacial score (nSPS) is 10.2. The average Bonchev–Trinajstić information content (AvgIpc) is 2.58. The maximum Gasteiger partial charge on any atom is 0.243 e. The van der Waals surface area contributed by atoms with Crippen LogP contribution in [0.25, 0.3) is 0 Å². The van der Waals surface area contributed by atoms with E-state index in [0.717, 1.165) is 28.1 Å². The van der Waals surface area contributed by atoms with E-state index in [-0.39, 0.29) is 24.8 Å². The van der Waals surface area contributed by atoms with Crippen molar-refractivity contribution in [2.45, 2.75) is 27.2 Å². The van der Waals surface area contributed by atoms with Gasteiger partial charge in [0.05, 0.1) is 19.6 Å². The Labute approximate surface area is 148 Å². The molecule has 2 rings (SSSR count). The van der Waals surface area contributed by atoms with Gasteiger partial charge < -0.3 is 15.4 Å². The molecule has 0 saturated carbocycles. The quantitative estimate of drug-likeness (QED) is 0.814. The second-order valence-electron chi connectivity index (χ2n) is 5.85. The number of carbonyl (C=O) groups excluding carboxylic acids is 2. The van der Waals surface area contributed by atoms with Crippen LogP contribution in [0.3, 0.4) is 0 Å². The molecule has 2 aromatic carbocycles. The molecule has 0 fully saturated rings. The minimum absolute atomic E-state index is 0.0519. The lowest BCUT2D eigenvalue weighted by atomic mass is 10.1. The van der Waals surface area contributed by atoms with Crippen LogP contribution in [0.1, 0.15) is 23.6 Å². The molecule has 0 unspecified atom stereocenters. The topological polar surface area (TPSA) is 67.4 Å². The zero-order chi connectivity index (χ0) is 18.2. The number of anilines is 1. The van der Waals surface area contributed by atoms with Gasteiger partial charge in [0.2, 0.25) is 11.8 Å². The van der Waals surface area contributed by atoms with E-state index < -0.39 is 0 Å². The van der Waals surface area contributed by atoms with Crippen LogP contribution in [0.2, 0.25) is 0 Å². The number of amides is 2. The number of nitrogens with one attached hydrogen (secondary N) is 2. The lowest BCUT2D eigenvalue weighted by molar-refractivity contribution is -0.123. The first kappa shape index (κ1) is 18.5. The Kier molecular flexibility index (Phi) is 6.57. The summed E-state index contributed by atoms with van der Waals surface area (Å²) in [6.07, 6.45) is 0.225. The molecular weight excluding hydrogens is 316 g/mol. The Morgan fingerprint density at radius 3 is 2.20 bits per heavy atom. The lowest BCUT2D eigenvalue weighted by Gasteiger charge is -2.12. The molecule has 25 heavy (non-hydrogen) atoms. The zero-order valence-corrected chi connectivity index (χ0v) is 14.9. The molecule has 5 nitrogen and oxygen atoms in total. The molecule has 5 heteroatoms. The summed E-state index contributed by atoms with van der Waals surface area (Å²) < 4.78 is 5.37. The van der Waals surface area contributed by atoms with Crippen molar-refractivity contribution in [3.63, 3.8) is 0 Å². The van der Waals surface area contributed by atoms with Crippen molar-refractivity contribution in [2.24, 2.45) is 0 Å². The second-order valence-corrected chi connectivity index (χ2v) is 5.85. The molecule has 0 atom stereocenters. The Hall–Kier alpha value is -2.82. The van der Waals surface area contributed by atoms with Crippen LogP contribution in [-0.4, -0.2) is 25.0 Å². The summed E-state index contributed by atoms with van der Waals surface area (Å²) >= 11 is 0. The van der Waals surface area contributed by atoms with Gasteiger partial charge in [-0.3, -0.25) is 9.59 Å². The first-order valence-electron chi connectivity index (χ1n) is 8.34. The minimum atomic E-state index is -0.238. The van der Waals surface area contributed by atoms with Crippen LogP contribution in [0, 0.1) is 13.8 Å². The SMILES string of the molecule is CCOc1ccc(CC(=O)NCC(=O)Nc2c(C)cccc2C)cc1. The predicted octanol–water partition coefficient (Wildman–Crippen LogP) is 3.00. The number of para-hydroxylation sites is 1. The van der Waals surface area contributed by atoms with Gasteiger partial charge in [-0.15, -0.1) is 0 Å². The third kappa shape index (κ3) is 5.64. The molecule has 0 aliphatic rings. The Morgan fingerprint density at radius 1 is 0.960 bits per heavy atom. The zero-order valence-electron chi connectivity index (χ0n) is 14.9. The van der Waals surface area contributed by atoms with Crippen LogP contribution >= 0.6 is 0 Å². The number of hydrogen-bond donors (Lipinski definition) is 2. The maximum absolute atomic E-state index is 12.0. The molecule has 0 aliphatic heterocycles. The number of rotatable bonds is 7. The monoisotopic (exact) mass is 340 g/mol. The molecule has 0 spiro atoms. The van der Waals surface area contributed by atoms with Crippen molar-refractivity contribution in [3.05, 3.63) is 59.2 Å². The summed E-state index contributed by atoms with van der Waals surface area (Å²) in [7, 11) is 0. The highest BCUT2D eigenvalue weighted by atomic mass is 16.5. The van der Waals surface area contributed by atoms with E-state index in [4.69, 9.17) is 4.74 Å². The highest BCUT2D eigenvalue weighted by Gasteiger charge is 2.09. The first-order chi connectivity index (χ1) is 12.0. The van der Waals surface area contributed by atoms with Crippen molar-refractivity contribution >= 4 is 17.5 Å². The molecule has 0 saturated heterocycles. The molecular formula is C20H24N2O3. The van der Waals surface area contributed by atoms with Gasteiger partial charge in [0.25, 0.3) is 0 Å². The van der Waals surface area contributed by atoms with Crippen molar-refractivity contribution in [1.82, 2.24) is 5.32 Å². The summed E-state index contributed by atoms with van der Waals surface area (Å²) in [5.74, 6) is 0.345. The van der Waals surface area contributed by atoms with Crippen LogP contribution in [-0.2, 0) is 16.0 Å². The van der Waals surface area contributed by atoms with E-state index in [2.05, 4.69) is 10.6 Å². The fourth-order valence-electron chi connectivity index (χ4n) is 2.49. The van der Waals surface area contributed by atoms with E-state index in [1.165, 1.54) is 0 Å². The van der Waals surface area contributed by atoms with Gasteiger partial charge in [0.15, 0.2) is 0 Å². The van der Waals surface area contributed by atoms with E-state index >= 15 is 0 Å². The summed E-state index contributed by atoms with van der Waals surface area (Å²) in [5.41, 5.74) is 3.66. The smallest absolute Gasteiger partial charge is 0.243 e. The van der Waals surface area contributed by atoms with E-state index in [1.54, 1.807) is 0 Å². The van der Waals surface area contributed by atoms with Gasteiger partial charge in [-0.2, -0.15) is 0 Å². The van der Waals surface area contributed by atoms with Crippen molar-refractivity contribution in [2.75, 3.05) is 18.5 Å². The Balaban J connectivity index is 1.82. The number of ether oxygens (including phenoxy) is 1. The Morgan fingerprint density at radius 2 is 1.60 bits per heavy atom. The third-order valence-electron chi connectivity index (χ3n) is 3.79. The number of aryl methyl sites for hydroxylation is 2. The van der Waals surface area contributed by atoms with Crippen molar-refractivity contribution in [1.29, 1.82) is 0 Å². The van der Waals surface area contributed by atoms with Gasteiger partial charge in [-0.05, 0) is 49.6 Å². The van der Waals surface area contributed by atoms with Crippen LogP contribution in [0.5, 0.6) is 5.75 Å². The molecule has 132 valence electrons. The van der Waals surface area contributed by atoms with Crippen LogP contribution in [0.4, 0.5) is 5.69 Å². The predicted molar refractivity (Wildman–Crippen MR) is 98.9 cm³/mol. The van der Waals surface area contributed by atoms with Gasteiger partial charge in [0.1, 0.15) is 5.75 Å². The average molecular weight is 340 g/mol. The number of hydrogen-bond acceptors (Lipinski definition) is 3. The number of benzene rings is 2. The summed E-state index contributed by atoms with van der Waals surface area (Å²) in [6, 6.07) is 13.2. The highest BCUT2D eigenvalue weighted by Crippen LogP contribution is 2.19. The molecule has 0 aliphatic carbocycles. The van der Waals surface area contributed by atoms with E-state index in [9.17, 15) is 9.59 Å². The van der Waals surface area contributed by atoms with E-state index in [1.807, 2.05) is 63.2 Å². The molecule has 2 aromatic rings. The minimum Gasteiger partial charge on any atom is -0.494 e. The maximum atomic E-state index is 12.0. The van der Waals surface area contributed by atoms with Crippen LogP contribution < -0.4 is 15.4 Å². The third-order valence-corrected chi connectivity index (χ3v) is 3.79. The Bertz CT molecular complexity index is 719. The van der Waals surface area contributed by atoms with Crippen molar-refractivity contribution in [3.8, 4) is 5.75 Å². The van der Waals surface area contributed by atoms with Gasteiger partial charge in [0, 0.05) is 5.69 Å². The van der Waals surface area contributed by atoms with Crippen molar-refractivity contribution < 1.29 is 14.3 Å². The van der Waals surface area contributed by atoms with Gasteiger partial charge in [-0.1, -0.05) is 30.3 Å². The summed E-state index contributed by atoms with van der Waals surface area (Å²) in [6.45, 7) is 6.35. The largest absolute Gasteiger partial charge is 0.494 e. The fourth-order valence-corrected chi connectivity index (χ4v) is 2.49. The standard InChI is InChI=1S/C20H24N2O3/c1-4-25-17-10-8-16(9-11-17)12-18(23)21-13-19(24)22-20-14(2)6-5-7-15(20)3/h5-11H,4,12-13H2,1-3H3,(H,21,23)(H,22,24). The molecule has 2 amide bonds.